The lowest BCUT2D eigenvalue weighted by atomic mass is 9.77. The number of hydrogen-bond acceptors (Lipinski definition) is 4. The van der Waals surface area contributed by atoms with Crippen LogP contribution < -0.4 is 10.6 Å². The van der Waals surface area contributed by atoms with Gasteiger partial charge in [0.05, 0.1) is 5.41 Å². The number of carbonyl (C=O) groups is 1. The Kier molecular flexibility index (Phi) is 4.14. The highest BCUT2D eigenvalue weighted by Crippen LogP contribution is 2.31. The van der Waals surface area contributed by atoms with Crippen LogP contribution in [0.2, 0.25) is 5.28 Å². The van der Waals surface area contributed by atoms with Crippen molar-refractivity contribution in [1.82, 2.24) is 15.3 Å². The van der Waals surface area contributed by atoms with E-state index in [1.165, 1.54) is 6.20 Å². The minimum atomic E-state index is -0.338. The summed E-state index contributed by atoms with van der Waals surface area (Å²) in [4.78, 5) is 20.1. The van der Waals surface area contributed by atoms with E-state index in [-0.39, 0.29) is 16.6 Å². The smallest absolute Gasteiger partial charge is 0.233 e. The van der Waals surface area contributed by atoms with Crippen molar-refractivity contribution in [2.24, 2.45) is 5.41 Å². The molecule has 2 N–H and O–H groups in total. The van der Waals surface area contributed by atoms with Crippen molar-refractivity contribution in [1.29, 1.82) is 0 Å². The van der Waals surface area contributed by atoms with Gasteiger partial charge in [0, 0.05) is 12.7 Å². The molecule has 0 aromatic carbocycles. The standard InChI is InChI=1S/C12H17ClN4O/c1-2-12(5-3-6-14-8-12)10(18)16-9-4-7-15-11(13)17-9/h4,7,14H,2-3,5-6,8H2,1H3,(H,15,16,17,18). The third kappa shape index (κ3) is 2.79. The Labute approximate surface area is 111 Å². The summed E-state index contributed by atoms with van der Waals surface area (Å²) >= 11 is 5.70. The van der Waals surface area contributed by atoms with Crippen LogP contribution in [0.1, 0.15) is 26.2 Å². The second-order valence-electron chi connectivity index (χ2n) is 4.58. The summed E-state index contributed by atoms with van der Waals surface area (Å²) in [6, 6.07) is 1.64. The highest BCUT2D eigenvalue weighted by atomic mass is 35.5. The molecule has 1 fully saturated rings. The summed E-state index contributed by atoms with van der Waals surface area (Å²) in [6.45, 7) is 3.74. The van der Waals surface area contributed by atoms with Crippen LogP contribution in [0, 0.1) is 5.41 Å². The SMILES string of the molecule is CCC1(C(=O)Nc2ccnc(Cl)n2)CCCNC1. The zero-order chi connectivity index (χ0) is 13.0. The van der Waals surface area contributed by atoms with Crippen molar-refractivity contribution in [3.05, 3.63) is 17.5 Å². The molecule has 18 heavy (non-hydrogen) atoms. The van der Waals surface area contributed by atoms with Gasteiger partial charge in [-0.1, -0.05) is 6.92 Å². The van der Waals surface area contributed by atoms with E-state index in [1.807, 2.05) is 6.92 Å². The van der Waals surface area contributed by atoms with Gasteiger partial charge in [-0.3, -0.25) is 4.79 Å². The summed E-state index contributed by atoms with van der Waals surface area (Å²) in [5.41, 5.74) is -0.338. The molecule has 1 aliphatic rings. The first-order chi connectivity index (χ1) is 8.66. The normalized spacial score (nSPS) is 23.7. The number of halogens is 1. The summed E-state index contributed by atoms with van der Waals surface area (Å²) < 4.78 is 0. The molecule has 0 bridgehead atoms. The Bertz CT molecular complexity index is 432. The zero-order valence-electron chi connectivity index (χ0n) is 10.4. The van der Waals surface area contributed by atoms with E-state index in [0.717, 1.165) is 25.8 Å². The molecule has 2 rings (SSSR count). The Morgan fingerprint density at radius 1 is 1.67 bits per heavy atom. The minimum Gasteiger partial charge on any atom is -0.316 e. The van der Waals surface area contributed by atoms with Gasteiger partial charge in [0.25, 0.3) is 0 Å². The number of anilines is 1. The van der Waals surface area contributed by atoms with Crippen molar-refractivity contribution in [2.45, 2.75) is 26.2 Å². The molecule has 0 aliphatic carbocycles. The van der Waals surface area contributed by atoms with E-state index in [2.05, 4.69) is 20.6 Å². The number of amides is 1. The molecule has 98 valence electrons. The van der Waals surface area contributed by atoms with E-state index in [1.54, 1.807) is 6.07 Å². The number of hydrogen-bond donors (Lipinski definition) is 2. The predicted molar refractivity (Wildman–Crippen MR) is 70.5 cm³/mol. The van der Waals surface area contributed by atoms with Gasteiger partial charge in [0.15, 0.2) is 0 Å². The van der Waals surface area contributed by atoms with Gasteiger partial charge >= 0.3 is 0 Å². The summed E-state index contributed by atoms with van der Waals surface area (Å²) in [5.74, 6) is 0.463. The average molecular weight is 269 g/mol. The lowest BCUT2D eigenvalue weighted by Gasteiger charge is -2.35. The summed E-state index contributed by atoms with van der Waals surface area (Å²) in [6.07, 6.45) is 4.26. The van der Waals surface area contributed by atoms with Gasteiger partial charge < -0.3 is 10.6 Å². The number of piperidine rings is 1. The first-order valence-corrected chi connectivity index (χ1v) is 6.55. The fourth-order valence-electron chi connectivity index (χ4n) is 2.28. The largest absolute Gasteiger partial charge is 0.316 e. The van der Waals surface area contributed by atoms with Gasteiger partial charge in [0.1, 0.15) is 5.82 Å². The van der Waals surface area contributed by atoms with Gasteiger partial charge in [-0.25, -0.2) is 9.97 Å². The summed E-state index contributed by atoms with van der Waals surface area (Å²) in [5, 5.41) is 6.25. The van der Waals surface area contributed by atoms with Gasteiger partial charge in [-0.2, -0.15) is 0 Å². The fourth-order valence-corrected chi connectivity index (χ4v) is 2.42. The van der Waals surface area contributed by atoms with Crippen molar-refractivity contribution in [3.63, 3.8) is 0 Å². The first kappa shape index (κ1) is 13.2. The molecule has 1 amide bonds. The van der Waals surface area contributed by atoms with Crippen LogP contribution in [0.3, 0.4) is 0 Å². The second kappa shape index (κ2) is 5.63. The molecule has 1 saturated heterocycles. The van der Waals surface area contributed by atoms with Crippen molar-refractivity contribution < 1.29 is 4.79 Å². The molecule has 1 aliphatic heterocycles. The molecule has 0 saturated carbocycles. The molecular weight excluding hydrogens is 252 g/mol. The van der Waals surface area contributed by atoms with Gasteiger partial charge in [-0.05, 0) is 43.5 Å². The molecule has 0 radical (unpaired) electrons. The Morgan fingerprint density at radius 3 is 3.11 bits per heavy atom. The Hall–Kier alpha value is -1.20. The van der Waals surface area contributed by atoms with E-state index in [4.69, 9.17) is 11.6 Å². The molecule has 1 aromatic rings. The highest BCUT2D eigenvalue weighted by molar-refractivity contribution is 6.28. The van der Waals surface area contributed by atoms with E-state index in [0.29, 0.717) is 12.4 Å². The van der Waals surface area contributed by atoms with Crippen LogP contribution in [-0.4, -0.2) is 29.0 Å². The average Bonchev–Trinajstić information content (AvgIpc) is 2.39. The maximum absolute atomic E-state index is 12.4. The Morgan fingerprint density at radius 2 is 2.50 bits per heavy atom. The van der Waals surface area contributed by atoms with Crippen LogP contribution in [0.15, 0.2) is 12.3 Å². The van der Waals surface area contributed by atoms with Crippen molar-refractivity contribution in [2.75, 3.05) is 18.4 Å². The maximum Gasteiger partial charge on any atom is 0.233 e. The lowest BCUT2D eigenvalue weighted by Crippen LogP contribution is -2.47. The van der Waals surface area contributed by atoms with Gasteiger partial charge in [-0.15, -0.1) is 0 Å². The third-order valence-electron chi connectivity index (χ3n) is 3.50. The minimum absolute atomic E-state index is 0.00645. The first-order valence-electron chi connectivity index (χ1n) is 6.17. The molecular formula is C12H17ClN4O. The van der Waals surface area contributed by atoms with E-state index in [9.17, 15) is 4.79 Å². The van der Waals surface area contributed by atoms with Crippen LogP contribution >= 0.6 is 11.6 Å². The highest BCUT2D eigenvalue weighted by Gasteiger charge is 2.37. The van der Waals surface area contributed by atoms with Crippen LogP contribution in [-0.2, 0) is 4.79 Å². The molecule has 6 heteroatoms. The van der Waals surface area contributed by atoms with Gasteiger partial charge in [0.2, 0.25) is 11.2 Å². The predicted octanol–water partition coefficient (Wildman–Crippen LogP) is 1.85. The monoisotopic (exact) mass is 268 g/mol. The quantitative estimate of drug-likeness (QED) is 0.821. The summed E-state index contributed by atoms with van der Waals surface area (Å²) in [7, 11) is 0. The second-order valence-corrected chi connectivity index (χ2v) is 4.92. The number of aromatic nitrogens is 2. The zero-order valence-corrected chi connectivity index (χ0v) is 11.1. The maximum atomic E-state index is 12.4. The van der Waals surface area contributed by atoms with Crippen molar-refractivity contribution in [3.8, 4) is 0 Å². The number of nitrogens with one attached hydrogen (secondary N) is 2. The third-order valence-corrected chi connectivity index (χ3v) is 3.68. The molecule has 1 aromatic heterocycles. The fraction of sp³-hybridized carbons (Fsp3) is 0.583. The number of nitrogens with zero attached hydrogens (tertiary/aromatic N) is 2. The van der Waals surface area contributed by atoms with E-state index >= 15 is 0 Å². The van der Waals surface area contributed by atoms with Crippen LogP contribution in [0.5, 0.6) is 0 Å². The molecule has 1 unspecified atom stereocenters. The van der Waals surface area contributed by atoms with E-state index < -0.39 is 0 Å². The van der Waals surface area contributed by atoms with Crippen molar-refractivity contribution >= 4 is 23.3 Å². The number of carbonyl (C=O) groups excluding carboxylic acids is 1. The molecule has 0 spiro atoms. The molecule has 1 atom stereocenters. The molecule has 2 heterocycles. The lowest BCUT2D eigenvalue weighted by molar-refractivity contribution is -0.126. The Balaban J connectivity index is 2.10. The van der Waals surface area contributed by atoms with Crippen LogP contribution in [0.25, 0.3) is 0 Å². The van der Waals surface area contributed by atoms with Crippen LogP contribution in [0.4, 0.5) is 5.82 Å². The number of rotatable bonds is 3. The topological polar surface area (TPSA) is 66.9 Å². The molecule has 5 nitrogen and oxygen atoms in total.